The molecule has 0 atom stereocenters. The van der Waals surface area contributed by atoms with Gasteiger partial charge in [-0.2, -0.15) is 0 Å². The van der Waals surface area contributed by atoms with Crippen molar-refractivity contribution in [2.45, 2.75) is 48.3 Å². The Morgan fingerprint density at radius 3 is 2.54 bits per heavy atom. The van der Waals surface area contributed by atoms with Gasteiger partial charge < -0.3 is 10.2 Å². The molecule has 1 N–H and O–H groups in total. The number of halogens is 3. The molecule has 0 bridgehead atoms. The molecule has 1 aliphatic carbocycles. The SMILES string of the molecule is CNc1cc(-c2sc(C3CCN(C4CC4)CC3)nc2-c2cccc(CS(=O)(=O)c3cc(F)ccc3F)c2F)ccn1. The van der Waals surface area contributed by atoms with Crippen LogP contribution in [0.5, 0.6) is 0 Å². The van der Waals surface area contributed by atoms with Crippen molar-refractivity contribution in [3.63, 3.8) is 0 Å². The maximum absolute atomic E-state index is 16.1. The molecule has 0 unspecified atom stereocenters. The Labute approximate surface area is 241 Å². The highest BCUT2D eigenvalue weighted by atomic mass is 32.2. The largest absolute Gasteiger partial charge is 0.373 e. The minimum Gasteiger partial charge on any atom is -0.373 e. The van der Waals surface area contributed by atoms with E-state index >= 15 is 4.39 Å². The molecule has 41 heavy (non-hydrogen) atoms. The number of likely N-dealkylation sites (tertiary alicyclic amines) is 1. The molecule has 11 heteroatoms. The lowest BCUT2D eigenvalue weighted by Gasteiger charge is -2.30. The van der Waals surface area contributed by atoms with Crippen LogP contribution in [0.2, 0.25) is 0 Å². The number of rotatable bonds is 8. The second kappa shape index (κ2) is 11.2. The number of benzene rings is 2. The third-order valence-electron chi connectivity index (χ3n) is 7.77. The first-order valence-corrected chi connectivity index (χ1v) is 16.0. The summed E-state index contributed by atoms with van der Waals surface area (Å²) in [4.78, 5) is 11.8. The quantitative estimate of drug-likeness (QED) is 0.245. The second-order valence-corrected chi connectivity index (χ2v) is 13.6. The molecule has 0 amide bonds. The minimum absolute atomic E-state index is 0.143. The third kappa shape index (κ3) is 5.75. The Morgan fingerprint density at radius 1 is 1.02 bits per heavy atom. The highest BCUT2D eigenvalue weighted by Crippen LogP contribution is 2.44. The van der Waals surface area contributed by atoms with E-state index in [1.54, 1.807) is 25.4 Å². The van der Waals surface area contributed by atoms with Crippen molar-refractivity contribution in [1.29, 1.82) is 0 Å². The number of nitrogens with one attached hydrogen (secondary N) is 1. The molecule has 0 spiro atoms. The number of piperidine rings is 1. The zero-order chi connectivity index (χ0) is 28.7. The van der Waals surface area contributed by atoms with Gasteiger partial charge in [-0.1, -0.05) is 12.1 Å². The average molecular weight is 599 g/mol. The predicted molar refractivity (Wildman–Crippen MR) is 154 cm³/mol. The zero-order valence-electron chi connectivity index (χ0n) is 22.4. The van der Waals surface area contributed by atoms with Crippen molar-refractivity contribution in [3.8, 4) is 21.7 Å². The van der Waals surface area contributed by atoms with Crippen LogP contribution in [-0.2, 0) is 15.6 Å². The van der Waals surface area contributed by atoms with Gasteiger partial charge in [0.1, 0.15) is 28.2 Å². The number of hydrogen-bond acceptors (Lipinski definition) is 7. The number of nitrogens with zero attached hydrogens (tertiary/aromatic N) is 3. The van der Waals surface area contributed by atoms with Gasteiger partial charge in [0.05, 0.1) is 21.3 Å². The van der Waals surface area contributed by atoms with Crippen molar-refractivity contribution in [2.24, 2.45) is 0 Å². The van der Waals surface area contributed by atoms with Crippen LogP contribution in [-0.4, -0.2) is 49.5 Å². The third-order valence-corrected chi connectivity index (χ3v) is 10.7. The molecule has 2 fully saturated rings. The van der Waals surface area contributed by atoms with Gasteiger partial charge >= 0.3 is 0 Å². The molecular weight excluding hydrogens is 569 g/mol. The van der Waals surface area contributed by atoms with E-state index in [9.17, 15) is 17.2 Å². The standard InChI is InChI=1S/C30H29F3N4O2S2/c1-34-26-15-19(9-12-35-26)29-28(36-30(40-29)18-10-13-37(14-11-18)22-6-7-22)23-4-2-3-20(27(23)33)17-41(38,39)25-16-21(31)5-8-24(25)32/h2-5,8-9,12,15-16,18,22H,6-7,10-11,13-14,17H2,1H3,(H,34,35). The Morgan fingerprint density at radius 2 is 1.80 bits per heavy atom. The summed E-state index contributed by atoms with van der Waals surface area (Å²) in [6.07, 6.45) is 6.15. The first-order valence-electron chi connectivity index (χ1n) is 13.6. The Kier molecular flexibility index (Phi) is 7.60. The first kappa shape index (κ1) is 27.9. The van der Waals surface area contributed by atoms with Gasteiger partial charge in [-0.25, -0.2) is 31.6 Å². The highest BCUT2D eigenvalue weighted by Gasteiger charge is 2.34. The zero-order valence-corrected chi connectivity index (χ0v) is 24.0. The molecule has 214 valence electrons. The second-order valence-electron chi connectivity index (χ2n) is 10.6. The van der Waals surface area contributed by atoms with Gasteiger partial charge in [-0.3, -0.25) is 0 Å². The molecule has 0 radical (unpaired) electrons. The highest BCUT2D eigenvalue weighted by molar-refractivity contribution is 7.90. The number of anilines is 1. The molecule has 2 aromatic heterocycles. The number of aromatic nitrogens is 2. The van der Waals surface area contributed by atoms with E-state index in [-0.39, 0.29) is 17.0 Å². The lowest BCUT2D eigenvalue weighted by Crippen LogP contribution is -2.34. The monoisotopic (exact) mass is 598 g/mol. The molecular formula is C30H29F3N4O2S2. The van der Waals surface area contributed by atoms with E-state index < -0.39 is 37.9 Å². The predicted octanol–water partition coefficient (Wildman–Crippen LogP) is 6.65. The molecule has 1 saturated heterocycles. The first-order chi connectivity index (χ1) is 19.7. The molecule has 2 aromatic carbocycles. The van der Waals surface area contributed by atoms with E-state index in [1.165, 1.54) is 30.2 Å². The fourth-order valence-corrected chi connectivity index (χ4v) is 8.11. The van der Waals surface area contributed by atoms with Crippen molar-refractivity contribution >= 4 is 27.0 Å². The van der Waals surface area contributed by atoms with Crippen LogP contribution in [0, 0.1) is 17.5 Å². The van der Waals surface area contributed by atoms with E-state index in [2.05, 4.69) is 15.2 Å². The van der Waals surface area contributed by atoms with Crippen molar-refractivity contribution in [1.82, 2.24) is 14.9 Å². The lowest BCUT2D eigenvalue weighted by molar-refractivity contribution is 0.203. The average Bonchev–Trinajstić information content (AvgIpc) is 3.74. The van der Waals surface area contributed by atoms with E-state index in [0.717, 1.165) is 53.5 Å². The van der Waals surface area contributed by atoms with Crippen LogP contribution in [0.4, 0.5) is 19.0 Å². The summed E-state index contributed by atoms with van der Waals surface area (Å²) in [7, 11) is -2.60. The molecule has 4 aromatic rings. The minimum atomic E-state index is -4.37. The number of hydrogen-bond donors (Lipinski definition) is 1. The molecule has 3 heterocycles. The fourth-order valence-electron chi connectivity index (χ4n) is 5.42. The van der Waals surface area contributed by atoms with Crippen LogP contribution in [0.1, 0.15) is 42.2 Å². The fraction of sp³-hybridized carbons (Fsp3) is 0.333. The Balaban J connectivity index is 1.39. The Hall–Kier alpha value is -3.28. The smallest absolute Gasteiger partial charge is 0.185 e. The summed E-state index contributed by atoms with van der Waals surface area (Å²) >= 11 is 1.53. The summed E-state index contributed by atoms with van der Waals surface area (Å²) in [5.74, 6) is -2.65. The van der Waals surface area contributed by atoms with Crippen LogP contribution in [0.25, 0.3) is 21.7 Å². The normalized spacial score (nSPS) is 16.7. The Bertz CT molecular complexity index is 1700. The van der Waals surface area contributed by atoms with E-state index in [1.807, 2.05) is 12.1 Å². The van der Waals surface area contributed by atoms with Crippen molar-refractivity contribution in [2.75, 3.05) is 25.5 Å². The molecule has 1 saturated carbocycles. The number of sulfone groups is 1. The van der Waals surface area contributed by atoms with Crippen molar-refractivity contribution < 1.29 is 21.6 Å². The summed E-state index contributed by atoms with van der Waals surface area (Å²) in [5, 5.41) is 3.95. The molecule has 1 aliphatic heterocycles. The lowest BCUT2D eigenvalue weighted by atomic mass is 9.97. The molecule has 6 rings (SSSR count). The molecule has 2 aliphatic rings. The van der Waals surface area contributed by atoms with Gasteiger partial charge in [0.15, 0.2) is 9.84 Å². The summed E-state index contributed by atoms with van der Waals surface area (Å²) in [5.41, 5.74) is 1.26. The topological polar surface area (TPSA) is 75.2 Å². The van der Waals surface area contributed by atoms with Gasteiger partial charge in [-0.15, -0.1) is 11.3 Å². The van der Waals surface area contributed by atoms with Gasteiger partial charge in [0, 0.05) is 36.3 Å². The van der Waals surface area contributed by atoms with Crippen LogP contribution in [0.15, 0.2) is 59.6 Å². The summed E-state index contributed by atoms with van der Waals surface area (Å²) in [6, 6.07) is 11.1. The summed E-state index contributed by atoms with van der Waals surface area (Å²) in [6.45, 7) is 2.02. The maximum Gasteiger partial charge on any atom is 0.185 e. The number of pyridine rings is 1. The van der Waals surface area contributed by atoms with Gasteiger partial charge in [0.25, 0.3) is 0 Å². The van der Waals surface area contributed by atoms with Gasteiger partial charge in [0.2, 0.25) is 0 Å². The van der Waals surface area contributed by atoms with Crippen LogP contribution in [0.3, 0.4) is 0 Å². The molecule has 6 nitrogen and oxygen atoms in total. The van der Waals surface area contributed by atoms with Gasteiger partial charge in [-0.05, 0) is 80.7 Å². The van der Waals surface area contributed by atoms with Crippen LogP contribution < -0.4 is 5.32 Å². The maximum atomic E-state index is 16.1. The summed E-state index contributed by atoms with van der Waals surface area (Å²) < 4.78 is 70.2. The van der Waals surface area contributed by atoms with E-state index in [4.69, 9.17) is 4.98 Å². The van der Waals surface area contributed by atoms with Crippen molar-refractivity contribution in [3.05, 3.63) is 82.8 Å². The number of thiazole rings is 1. The van der Waals surface area contributed by atoms with Crippen LogP contribution >= 0.6 is 11.3 Å². The van der Waals surface area contributed by atoms with E-state index in [0.29, 0.717) is 23.6 Å².